The van der Waals surface area contributed by atoms with Crippen LogP contribution in [0.15, 0.2) is 42.6 Å². The highest BCUT2D eigenvalue weighted by atomic mass is 19.2. The van der Waals surface area contributed by atoms with Crippen molar-refractivity contribution in [3.8, 4) is 0 Å². The maximum atomic E-state index is 13.4. The first-order valence-corrected chi connectivity index (χ1v) is 8.65. The quantitative estimate of drug-likeness (QED) is 0.750. The van der Waals surface area contributed by atoms with Crippen molar-refractivity contribution >= 4 is 23.0 Å². The van der Waals surface area contributed by atoms with E-state index in [2.05, 4.69) is 10.3 Å². The van der Waals surface area contributed by atoms with E-state index in [-0.39, 0.29) is 23.1 Å². The molecule has 2 amide bonds. The van der Waals surface area contributed by atoms with Crippen LogP contribution in [0.25, 0.3) is 5.52 Å². The summed E-state index contributed by atoms with van der Waals surface area (Å²) in [5.41, 5.74) is 0.531. The summed E-state index contributed by atoms with van der Waals surface area (Å²) in [7, 11) is 0. The molecule has 1 N–H and O–H groups in total. The smallest absolute Gasteiger partial charge is 0.290 e. The number of rotatable bonds is 3. The van der Waals surface area contributed by atoms with Crippen molar-refractivity contribution in [3.05, 3.63) is 65.7 Å². The number of nitrogens with zero attached hydrogens (tertiary/aromatic N) is 3. The molecule has 0 bridgehead atoms. The van der Waals surface area contributed by atoms with Crippen LogP contribution in [0.5, 0.6) is 0 Å². The third kappa shape index (κ3) is 3.31. The fourth-order valence-corrected chi connectivity index (χ4v) is 3.03. The largest absolute Gasteiger partial charge is 0.378 e. The van der Waals surface area contributed by atoms with E-state index in [1.807, 2.05) is 0 Å². The summed E-state index contributed by atoms with van der Waals surface area (Å²) in [6.45, 7) is 1.77. The molecule has 144 valence electrons. The maximum Gasteiger partial charge on any atom is 0.290 e. The van der Waals surface area contributed by atoms with Gasteiger partial charge in [0, 0.05) is 31.0 Å². The molecule has 1 aromatic carbocycles. The maximum absolute atomic E-state index is 13.4. The van der Waals surface area contributed by atoms with Crippen LogP contribution < -0.4 is 5.32 Å². The second kappa shape index (κ2) is 7.35. The lowest BCUT2D eigenvalue weighted by Crippen LogP contribution is -2.41. The Bertz CT molecular complexity index is 1060. The molecule has 3 aromatic rings. The van der Waals surface area contributed by atoms with Gasteiger partial charge in [-0.1, -0.05) is 6.07 Å². The minimum absolute atomic E-state index is 0.0157. The lowest BCUT2D eigenvalue weighted by Gasteiger charge is -2.26. The Labute approximate surface area is 158 Å². The van der Waals surface area contributed by atoms with Gasteiger partial charge in [-0.15, -0.1) is 0 Å². The molecule has 9 heteroatoms. The molecular formula is C19H16F2N4O3. The Morgan fingerprint density at radius 3 is 2.61 bits per heavy atom. The van der Waals surface area contributed by atoms with E-state index >= 15 is 0 Å². The lowest BCUT2D eigenvalue weighted by molar-refractivity contribution is 0.0294. The first-order valence-electron chi connectivity index (χ1n) is 8.65. The van der Waals surface area contributed by atoms with E-state index in [9.17, 15) is 18.4 Å². The summed E-state index contributed by atoms with van der Waals surface area (Å²) in [5.74, 6) is -2.92. The summed E-state index contributed by atoms with van der Waals surface area (Å²) in [6, 6.07) is 8.14. The minimum atomic E-state index is -1.07. The molecular weight excluding hydrogens is 370 g/mol. The van der Waals surface area contributed by atoms with Crippen molar-refractivity contribution in [3.63, 3.8) is 0 Å². The number of nitrogens with one attached hydrogen (secondary N) is 1. The van der Waals surface area contributed by atoms with Gasteiger partial charge < -0.3 is 15.0 Å². The molecule has 0 spiro atoms. The van der Waals surface area contributed by atoms with E-state index in [1.165, 1.54) is 10.5 Å². The number of halogens is 2. The van der Waals surface area contributed by atoms with Crippen LogP contribution in [0.3, 0.4) is 0 Å². The van der Waals surface area contributed by atoms with Crippen molar-refractivity contribution in [2.45, 2.75) is 0 Å². The fourth-order valence-electron chi connectivity index (χ4n) is 3.03. The molecule has 28 heavy (non-hydrogen) atoms. The molecule has 0 saturated carbocycles. The van der Waals surface area contributed by atoms with Crippen LogP contribution in [0.1, 0.15) is 21.1 Å². The van der Waals surface area contributed by atoms with Crippen LogP contribution in [-0.2, 0) is 4.74 Å². The average molecular weight is 386 g/mol. The molecule has 1 fully saturated rings. The number of hydrogen-bond donors (Lipinski definition) is 1. The Morgan fingerprint density at radius 1 is 1.07 bits per heavy atom. The zero-order valence-corrected chi connectivity index (χ0v) is 14.7. The highest BCUT2D eigenvalue weighted by Gasteiger charge is 2.26. The van der Waals surface area contributed by atoms with Crippen molar-refractivity contribution < 1.29 is 23.1 Å². The summed E-state index contributed by atoms with van der Waals surface area (Å²) in [4.78, 5) is 31.4. The van der Waals surface area contributed by atoms with Gasteiger partial charge in [-0.3, -0.25) is 14.0 Å². The number of carbonyl (C=O) groups excluding carboxylic acids is 2. The zero-order chi connectivity index (χ0) is 19.7. The standard InChI is InChI=1S/C19H16F2N4O3/c20-13-5-4-12(11-14(13)21)22-18(26)16-15-3-1-2-6-25(15)17(23-16)19(27)24-7-9-28-10-8-24/h1-6,11H,7-10H2,(H,22,26). The number of anilines is 1. The first kappa shape index (κ1) is 18.1. The number of amides is 2. The van der Waals surface area contributed by atoms with E-state index < -0.39 is 17.5 Å². The number of aromatic nitrogens is 2. The molecule has 0 atom stereocenters. The van der Waals surface area contributed by atoms with Gasteiger partial charge in [0.25, 0.3) is 11.8 Å². The predicted octanol–water partition coefficient (Wildman–Crippen LogP) is 2.34. The van der Waals surface area contributed by atoms with Gasteiger partial charge in [0.2, 0.25) is 5.82 Å². The Balaban J connectivity index is 1.68. The van der Waals surface area contributed by atoms with Crippen molar-refractivity contribution in [1.29, 1.82) is 0 Å². The summed E-state index contributed by atoms with van der Waals surface area (Å²) >= 11 is 0. The molecule has 2 aromatic heterocycles. The van der Waals surface area contributed by atoms with Gasteiger partial charge in [0.1, 0.15) is 0 Å². The van der Waals surface area contributed by atoms with Crippen LogP contribution in [-0.4, -0.2) is 52.4 Å². The van der Waals surface area contributed by atoms with Crippen LogP contribution in [0, 0.1) is 11.6 Å². The Hall–Kier alpha value is -3.33. The summed E-state index contributed by atoms with van der Waals surface area (Å²) < 4.78 is 33.3. The molecule has 7 nitrogen and oxygen atoms in total. The third-order valence-corrected chi connectivity index (χ3v) is 4.43. The highest BCUT2D eigenvalue weighted by Crippen LogP contribution is 2.19. The third-order valence-electron chi connectivity index (χ3n) is 4.43. The van der Waals surface area contributed by atoms with Gasteiger partial charge >= 0.3 is 0 Å². The van der Waals surface area contributed by atoms with E-state index in [0.29, 0.717) is 31.8 Å². The molecule has 0 aliphatic carbocycles. The average Bonchev–Trinajstić information content (AvgIpc) is 3.11. The number of hydrogen-bond acceptors (Lipinski definition) is 4. The van der Waals surface area contributed by atoms with E-state index in [0.717, 1.165) is 12.1 Å². The SMILES string of the molecule is O=C(Nc1ccc(F)c(F)c1)c1nc(C(=O)N2CCOCC2)n2ccccc12. The molecule has 0 radical (unpaired) electrons. The first-order chi connectivity index (χ1) is 13.5. The molecule has 3 heterocycles. The normalized spacial score (nSPS) is 14.3. The Kier molecular flexibility index (Phi) is 4.74. The van der Waals surface area contributed by atoms with Crippen molar-refractivity contribution in [2.75, 3.05) is 31.6 Å². The molecule has 1 saturated heterocycles. The molecule has 0 unspecified atom stereocenters. The zero-order valence-electron chi connectivity index (χ0n) is 14.7. The van der Waals surface area contributed by atoms with Gasteiger partial charge in [-0.2, -0.15) is 0 Å². The Morgan fingerprint density at radius 2 is 1.86 bits per heavy atom. The second-order valence-corrected chi connectivity index (χ2v) is 6.23. The molecule has 1 aliphatic heterocycles. The van der Waals surface area contributed by atoms with Crippen molar-refractivity contribution in [1.82, 2.24) is 14.3 Å². The molecule has 4 rings (SSSR count). The number of imidazole rings is 1. The number of fused-ring (bicyclic) bond motifs is 1. The number of pyridine rings is 1. The predicted molar refractivity (Wildman–Crippen MR) is 96.2 cm³/mol. The van der Waals surface area contributed by atoms with E-state index in [4.69, 9.17) is 4.74 Å². The fraction of sp³-hybridized carbons (Fsp3) is 0.211. The number of morpholine rings is 1. The van der Waals surface area contributed by atoms with Gasteiger partial charge in [-0.05, 0) is 24.3 Å². The van der Waals surface area contributed by atoms with Gasteiger partial charge in [-0.25, -0.2) is 13.8 Å². The monoisotopic (exact) mass is 386 g/mol. The van der Waals surface area contributed by atoms with Gasteiger partial charge in [0.15, 0.2) is 17.3 Å². The second-order valence-electron chi connectivity index (χ2n) is 6.23. The number of carbonyl (C=O) groups is 2. The van der Waals surface area contributed by atoms with E-state index in [1.54, 1.807) is 29.3 Å². The molecule has 1 aliphatic rings. The minimum Gasteiger partial charge on any atom is -0.378 e. The summed E-state index contributed by atoms with van der Waals surface area (Å²) in [5, 5.41) is 2.48. The highest BCUT2D eigenvalue weighted by molar-refractivity contribution is 6.08. The topological polar surface area (TPSA) is 75.9 Å². The number of benzene rings is 1. The number of ether oxygens (including phenoxy) is 1. The van der Waals surface area contributed by atoms with Crippen LogP contribution in [0.4, 0.5) is 14.5 Å². The van der Waals surface area contributed by atoms with Crippen molar-refractivity contribution in [2.24, 2.45) is 0 Å². The van der Waals surface area contributed by atoms with Crippen LogP contribution in [0.2, 0.25) is 0 Å². The summed E-state index contributed by atoms with van der Waals surface area (Å²) in [6.07, 6.45) is 1.64. The lowest BCUT2D eigenvalue weighted by atomic mass is 10.2. The van der Waals surface area contributed by atoms with Crippen LogP contribution >= 0.6 is 0 Å². The van der Waals surface area contributed by atoms with Gasteiger partial charge in [0.05, 0.1) is 18.7 Å².